The maximum absolute atomic E-state index is 14.1. The minimum atomic E-state index is -0.658. The number of hydrogen-bond donors (Lipinski definition) is 2. The number of oxazole rings is 1. The lowest BCUT2D eigenvalue weighted by atomic mass is 9.86. The molecule has 0 spiro atoms. The number of aryl methyl sites for hydroxylation is 1. The van der Waals surface area contributed by atoms with E-state index in [0.717, 1.165) is 0 Å². The minimum Gasteiger partial charge on any atom is -0.425 e. The van der Waals surface area contributed by atoms with Gasteiger partial charge in [0.2, 0.25) is 5.88 Å². The summed E-state index contributed by atoms with van der Waals surface area (Å²) in [7, 11) is 0. The molecule has 1 aliphatic heterocycles. The lowest BCUT2D eigenvalue weighted by Crippen LogP contribution is -2.23. The third-order valence-corrected chi connectivity index (χ3v) is 3.20. The Morgan fingerprint density at radius 2 is 2.20 bits per heavy atom. The van der Waals surface area contributed by atoms with E-state index < -0.39 is 11.7 Å². The molecule has 2 heterocycles. The summed E-state index contributed by atoms with van der Waals surface area (Å²) in [4.78, 5) is 4.25. The second-order valence-electron chi connectivity index (χ2n) is 4.47. The number of hydrogen-bond acceptors (Lipinski definition) is 5. The summed E-state index contributed by atoms with van der Waals surface area (Å²) < 4.78 is 19.5. The summed E-state index contributed by atoms with van der Waals surface area (Å²) in [5, 5.41) is 12.1. The average molecular weight is 270 g/mol. The van der Waals surface area contributed by atoms with Gasteiger partial charge in [-0.3, -0.25) is 0 Å². The first-order valence-corrected chi connectivity index (χ1v) is 6.00. The molecule has 1 unspecified atom stereocenters. The Morgan fingerprint density at radius 1 is 1.45 bits per heavy atom. The van der Waals surface area contributed by atoms with Crippen molar-refractivity contribution in [3.63, 3.8) is 0 Å². The molecule has 0 bridgehead atoms. The fourth-order valence-electron chi connectivity index (χ4n) is 2.35. The van der Waals surface area contributed by atoms with Crippen LogP contribution in [0.5, 0.6) is 0 Å². The molecule has 0 aliphatic carbocycles. The highest BCUT2D eigenvalue weighted by Gasteiger charge is 2.34. The molecule has 0 amide bonds. The predicted octanol–water partition coefficient (Wildman–Crippen LogP) is 2.37. The first-order valence-electron chi connectivity index (χ1n) is 6.00. The average Bonchev–Trinajstić information content (AvgIpc) is 2.78. The number of rotatable bonds is 1. The van der Waals surface area contributed by atoms with Crippen molar-refractivity contribution in [2.75, 3.05) is 5.32 Å². The molecule has 3 N–H and O–H groups in total. The Labute approximate surface area is 114 Å². The van der Waals surface area contributed by atoms with Crippen LogP contribution in [-0.4, -0.2) is 4.98 Å². The second-order valence-corrected chi connectivity index (χ2v) is 4.47. The fourth-order valence-corrected chi connectivity index (χ4v) is 2.35. The Balaban J connectivity index is 2.26. The third-order valence-electron chi connectivity index (χ3n) is 3.20. The Bertz CT molecular complexity index is 757. The zero-order chi connectivity index (χ0) is 14.3. The van der Waals surface area contributed by atoms with Crippen molar-refractivity contribution in [2.24, 2.45) is 5.73 Å². The quantitative estimate of drug-likeness (QED) is 0.830. The number of benzene rings is 1. The van der Waals surface area contributed by atoms with Crippen molar-refractivity contribution in [2.45, 2.75) is 12.8 Å². The van der Waals surface area contributed by atoms with E-state index in [4.69, 9.17) is 10.2 Å². The number of nitrogens with one attached hydrogen (secondary N) is 1. The summed E-state index contributed by atoms with van der Waals surface area (Å²) in [6.07, 6.45) is 0. The topological polar surface area (TPSA) is 87.9 Å². The van der Waals surface area contributed by atoms with Crippen LogP contribution in [0.25, 0.3) is 0 Å². The van der Waals surface area contributed by atoms with Gasteiger partial charge in [-0.15, -0.1) is 0 Å². The largest absolute Gasteiger partial charge is 0.425 e. The number of nitriles is 1. The van der Waals surface area contributed by atoms with Crippen LogP contribution in [0, 0.1) is 24.1 Å². The van der Waals surface area contributed by atoms with Gasteiger partial charge in [0.25, 0.3) is 0 Å². The lowest BCUT2D eigenvalue weighted by Gasteiger charge is -2.22. The maximum atomic E-state index is 14.1. The van der Waals surface area contributed by atoms with Gasteiger partial charge >= 0.3 is 0 Å². The summed E-state index contributed by atoms with van der Waals surface area (Å²) in [6, 6.07) is 8.28. The van der Waals surface area contributed by atoms with Crippen LogP contribution in [0.2, 0.25) is 0 Å². The van der Waals surface area contributed by atoms with E-state index >= 15 is 0 Å². The molecule has 2 aromatic rings. The Morgan fingerprint density at radius 3 is 2.90 bits per heavy atom. The molecular weight excluding hydrogens is 259 g/mol. The molecule has 1 aromatic heterocycles. The number of allylic oxidation sites excluding steroid dienone is 1. The van der Waals surface area contributed by atoms with Gasteiger partial charge < -0.3 is 15.5 Å². The summed E-state index contributed by atoms with van der Waals surface area (Å²) in [5.74, 6) is -0.131. The van der Waals surface area contributed by atoms with Crippen LogP contribution >= 0.6 is 0 Å². The normalized spacial score (nSPS) is 17.4. The minimum absolute atomic E-state index is 0.157. The number of nitrogens with two attached hydrogens (primary N) is 1. The third kappa shape index (κ3) is 1.72. The molecule has 6 heteroatoms. The molecule has 1 aromatic carbocycles. The van der Waals surface area contributed by atoms with Crippen LogP contribution in [-0.2, 0) is 0 Å². The van der Waals surface area contributed by atoms with Crippen LogP contribution in [0.1, 0.15) is 23.1 Å². The highest BCUT2D eigenvalue weighted by molar-refractivity contribution is 5.61. The van der Waals surface area contributed by atoms with Gasteiger partial charge in [0, 0.05) is 12.5 Å². The summed E-state index contributed by atoms with van der Waals surface area (Å²) in [5.41, 5.74) is 6.88. The molecular formula is C14H11FN4O. The van der Waals surface area contributed by atoms with Crippen LogP contribution in [0.4, 0.5) is 10.3 Å². The number of anilines is 1. The second kappa shape index (κ2) is 4.38. The first-order chi connectivity index (χ1) is 9.61. The van der Waals surface area contributed by atoms with E-state index in [9.17, 15) is 9.65 Å². The van der Waals surface area contributed by atoms with Gasteiger partial charge in [-0.1, -0.05) is 18.2 Å². The van der Waals surface area contributed by atoms with Crippen LogP contribution in [0.15, 0.2) is 40.1 Å². The van der Waals surface area contributed by atoms with Crippen molar-refractivity contribution in [3.8, 4) is 6.07 Å². The van der Waals surface area contributed by atoms with Crippen molar-refractivity contribution >= 4 is 5.88 Å². The van der Waals surface area contributed by atoms with Gasteiger partial charge in [0.05, 0.1) is 17.6 Å². The molecule has 0 radical (unpaired) electrons. The van der Waals surface area contributed by atoms with Crippen LogP contribution in [0.3, 0.4) is 0 Å². The molecule has 100 valence electrons. The monoisotopic (exact) mass is 270 g/mol. The fraction of sp³-hybridized carbons (Fsp3) is 0.143. The van der Waals surface area contributed by atoms with Crippen molar-refractivity contribution in [1.82, 2.24) is 4.98 Å². The highest BCUT2D eigenvalue weighted by Crippen LogP contribution is 2.41. The molecule has 0 fully saturated rings. The van der Waals surface area contributed by atoms with E-state index in [-0.39, 0.29) is 11.4 Å². The Kier molecular flexibility index (Phi) is 2.68. The predicted molar refractivity (Wildman–Crippen MR) is 69.9 cm³/mol. The molecule has 0 saturated heterocycles. The number of nitrogens with zero attached hydrogens (tertiary/aromatic N) is 2. The standard InChI is InChI=1S/C14H11FN4O/c1-7-18-12-11(8-4-2-3-5-10(8)15)9(6-16)13(17)19-14(12)20-7/h2-5,11,19H,17H2,1H3. The highest BCUT2D eigenvalue weighted by atomic mass is 19.1. The van der Waals surface area contributed by atoms with Gasteiger partial charge in [0.1, 0.15) is 17.3 Å². The summed E-state index contributed by atoms with van der Waals surface area (Å²) >= 11 is 0. The zero-order valence-electron chi connectivity index (χ0n) is 10.6. The van der Waals surface area contributed by atoms with Crippen molar-refractivity contribution < 1.29 is 8.81 Å². The van der Waals surface area contributed by atoms with Crippen LogP contribution < -0.4 is 11.1 Å². The molecule has 20 heavy (non-hydrogen) atoms. The zero-order valence-corrected chi connectivity index (χ0v) is 10.6. The van der Waals surface area contributed by atoms with E-state index in [2.05, 4.69) is 10.3 Å². The molecule has 0 saturated carbocycles. The SMILES string of the molecule is Cc1nc2c(o1)NC(N)=C(C#N)C2c1ccccc1F. The van der Waals surface area contributed by atoms with Gasteiger partial charge in [0.15, 0.2) is 5.89 Å². The molecule has 5 nitrogen and oxygen atoms in total. The van der Waals surface area contributed by atoms with Gasteiger partial charge in [-0.25, -0.2) is 9.37 Å². The van der Waals surface area contributed by atoms with Crippen molar-refractivity contribution in [3.05, 3.63) is 58.6 Å². The van der Waals surface area contributed by atoms with Gasteiger partial charge in [-0.05, 0) is 6.07 Å². The summed E-state index contributed by atoms with van der Waals surface area (Å²) in [6.45, 7) is 1.68. The van der Waals surface area contributed by atoms with Crippen molar-refractivity contribution in [1.29, 1.82) is 5.26 Å². The number of aromatic nitrogens is 1. The van der Waals surface area contributed by atoms with Gasteiger partial charge in [-0.2, -0.15) is 5.26 Å². The molecule has 3 rings (SSSR count). The van der Waals surface area contributed by atoms with E-state index in [1.807, 2.05) is 6.07 Å². The lowest BCUT2D eigenvalue weighted by molar-refractivity contribution is 0.533. The Hall–Kier alpha value is -2.81. The maximum Gasteiger partial charge on any atom is 0.223 e. The number of halogens is 1. The smallest absolute Gasteiger partial charge is 0.223 e. The molecule has 1 atom stereocenters. The first kappa shape index (κ1) is 12.2. The molecule has 1 aliphatic rings. The number of fused-ring (bicyclic) bond motifs is 1. The van der Waals surface area contributed by atoms with E-state index in [0.29, 0.717) is 23.0 Å². The van der Waals surface area contributed by atoms with E-state index in [1.54, 1.807) is 25.1 Å². The van der Waals surface area contributed by atoms with E-state index in [1.165, 1.54) is 6.07 Å².